The molecule has 0 aliphatic heterocycles. The molecule has 1 aliphatic rings. The maximum atomic E-state index is 4.07. The lowest BCUT2D eigenvalue weighted by molar-refractivity contribution is 0.440. The van der Waals surface area contributed by atoms with E-state index in [-0.39, 0.29) is 0 Å². The van der Waals surface area contributed by atoms with Crippen LogP contribution in [0.5, 0.6) is 0 Å². The smallest absolute Gasteiger partial charge is 0.0292 e. The van der Waals surface area contributed by atoms with Crippen molar-refractivity contribution in [2.45, 2.75) is 46.0 Å². The van der Waals surface area contributed by atoms with Gasteiger partial charge in [0.2, 0.25) is 0 Å². The topological polar surface area (TPSA) is 0 Å². The summed E-state index contributed by atoms with van der Waals surface area (Å²) in [6.45, 7) is 8.59. The molecule has 0 bridgehead atoms. The fourth-order valence-corrected chi connectivity index (χ4v) is 1.73. The summed E-state index contributed by atoms with van der Waals surface area (Å²) >= 11 is 0. The van der Waals surface area contributed by atoms with Gasteiger partial charge in [-0.1, -0.05) is 32.4 Å². The lowest BCUT2D eigenvalue weighted by Crippen LogP contribution is -2.02. The Hall–Kier alpha value is -0.260. The maximum absolute atomic E-state index is 4.07. The third-order valence-corrected chi connectivity index (χ3v) is 2.86. The van der Waals surface area contributed by atoms with E-state index in [2.05, 4.69) is 20.4 Å². The van der Waals surface area contributed by atoms with Gasteiger partial charge in [0.15, 0.2) is 0 Å². The van der Waals surface area contributed by atoms with Crippen LogP contribution in [0.4, 0.5) is 0 Å². The predicted molar refractivity (Wildman–Crippen MR) is 50.6 cm³/mol. The monoisotopic (exact) mass is 152 g/mol. The van der Waals surface area contributed by atoms with Gasteiger partial charge in [-0.3, -0.25) is 0 Å². The van der Waals surface area contributed by atoms with E-state index in [9.17, 15) is 0 Å². The molecule has 1 rings (SSSR count). The summed E-state index contributed by atoms with van der Waals surface area (Å²) in [7, 11) is 0. The average Bonchev–Trinajstić information content (AvgIpc) is 2.82. The van der Waals surface area contributed by atoms with Gasteiger partial charge < -0.3 is 0 Å². The van der Waals surface area contributed by atoms with E-state index < -0.39 is 0 Å². The van der Waals surface area contributed by atoms with Crippen LogP contribution in [0.1, 0.15) is 46.0 Å². The number of hydrogen-bond acceptors (Lipinski definition) is 0. The lowest BCUT2D eigenvalue weighted by Gasteiger charge is -2.14. The molecule has 0 N–H and O–H groups in total. The molecule has 11 heavy (non-hydrogen) atoms. The maximum Gasteiger partial charge on any atom is -0.0292 e. The van der Waals surface area contributed by atoms with Gasteiger partial charge in [-0.05, 0) is 37.5 Å². The molecule has 1 aliphatic carbocycles. The second kappa shape index (κ2) is 3.94. The molecule has 64 valence electrons. The first-order valence-electron chi connectivity index (χ1n) is 4.94. The van der Waals surface area contributed by atoms with Crippen molar-refractivity contribution >= 4 is 0 Å². The molecule has 0 radical (unpaired) electrons. The third kappa shape index (κ3) is 2.69. The highest BCUT2D eigenvalue weighted by molar-refractivity contribution is 4.97. The van der Waals surface area contributed by atoms with Crippen molar-refractivity contribution in [2.75, 3.05) is 0 Å². The largest absolute Gasteiger partial charge is 0.0999 e. The number of hydrogen-bond donors (Lipinski definition) is 0. The quantitative estimate of drug-likeness (QED) is 0.526. The molecule has 0 aromatic heterocycles. The van der Waals surface area contributed by atoms with Crippen molar-refractivity contribution in [3.63, 3.8) is 0 Å². The molecule has 0 amide bonds. The zero-order valence-corrected chi connectivity index (χ0v) is 7.90. The van der Waals surface area contributed by atoms with E-state index in [0.29, 0.717) is 0 Å². The van der Waals surface area contributed by atoms with Crippen LogP contribution in [0.25, 0.3) is 0 Å². The Morgan fingerprint density at radius 1 is 1.45 bits per heavy atom. The molecular weight excluding hydrogens is 132 g/mol. The van der Waals surface area contributed by atoms with Crippen LogP contribution >= 0.6 is 0 Å². The molecule has 0 heterocycles. The lowest BCUT2D eigenvalue weighted by atomic mass is 9.92. The van der Waals surface area contributed by atoms with Gasteiger partial charge in [-0.25, -0.2) is 0 Å². The van der Waals surface area contributed by atoms with E-state index in [1.54, 1.807) is 0 Å². The Morgan fingerprint density at radius 3 is 2.45 bits per heavy atom. The summed E-state index contributed by atoms with van der Waals surface area (Å²) in [6, 6.07) is 0. The summed E-state index contributed by atoms with van der Waals surface area (Å²) in [6.07, 6.45) is 6.77. The zero-order valence-electron chi connectivity index (χ0n) is 7.90. The summed E-state index contributed by atoms with van der Waals surface area (Å²) < 4.78 is 0. The van der Waals surface area contributed by atoms with Crippen LogP contribution in [0.2, 0.25) is 0 Å². The van der Waals surface area contributed by atoms with E-state index in [1.165, 1.54) is 37.7 Å². The highest BCUT2D eigenvalue weighted by Gasteiger charge is 2.29. The zero-order chi connectivity index (χ0) is 8.27. The normalized spacial score (nSPS) is 19.8. The average molecular weight is 152 g/mol. The first-order valence-corrected chi connectivity index (χ1v) is 4.94. The van der Waals surface area contributed by atoms with Crippen LogP contribution < -0.4 is 0 Å². The van der Waals surface area contributed by atoms with Crippen molar-refractivity contribution in [3.8, 4) is 0 Å². The molecule has 0 aromatic rings. The van der Waals surface area contributed by atoms with Crippen molar-refractivity contribution in [1.82, 2.24) is 0 Å². The second-order valence-corrected chi connectivity index (χ2v) is 3.81. The third-order valence-electron chi connectivity index (χ3n) is 2.86. The van der Waals surface area contributed by atoms with Gasteiger partial charge in [0, 0.05) is 0 Å². The first-order chi connectivity index (χ1) is 5.27. The minimum Gasteiger partial charge on any atom is -0.0999 e. The predicted octanol–water partition coefficient (Wildman–Crippen LogP) is 3.78. The minimum atomic E-state index is 0.961. The minimum absolute atomic E-state index is 0.961. The molecule has 0 saturated heterocycles. The Labute approximate surface area is 70.7 Å². The van der Waals surface area contributed by atoms with E-state index >= 15 is 0 Å². The van der Waals surface area contributed by atoms with Crippen LogP contribution in [-0.4, -0.2) is 0 Å². The molecule has 0 aromatic carbocycles. The van der Waals surface area contributed by atoms with E-state index in [0.717, 1.165) is 11.8 Å². The summed E-state index contributed by atoms with van der Waals surface area (Å²) in [5, 5.41) is 0. The Morgan fingerprint density at radius 2 is 2.09 bits per heavy atom. The molecule has 0 nitrogen and oxygen atoms in total. The number of allylic oxidation sites excluding steroid dienone is 1. The SMILES string of the molecule is C=C(CC)CC(CC)C1CC1. The fourth-order valence-electron chi connectivity index (χ4n) is 1.73. The van der Waals surface area contributed by atoms with E-state index in [4.69, 9.17) is 0 Å². The standard InChI is InChI=1S/C11H20/c1-4-9(3)8-10(5-2)11-6-7-11/h10-11H,3-8H2,1-2H3. The van der Waals surface area contributed by atoms with Gasteiger partial charge in [-0.15, -0.1) is 0 Å². The molecular formula is C11H20. The van der Waals surface area contributed by atoms with E-state index in [1.807, 2.05) is 0 Å². The van der Waals surface area contributed by atoms with Gasteiger partial charge in [-0.2, -0.15) is 0 Å². The Balaban J connectivity index is 2.25. The summed E-state index contributed by atoms with van der Waals surface area (Å²) in [5.74, 6) is 2.02. The molecule has 1 atom stereocenters. The Kier molecular flexibility index (Phi) is 3.16. The van der Waals surface area contributed by atoms with Gasteiger partial charge in [0.25, 0.3) is 0 Å². The molecule has 0 heteroatoms. The molecule has 1 fully saturated rings. The fraction of sp³-hybridized carbons (Fsp3) is 0.818. The van der Waals surface area contributed by atoms with Gasteiger partial charge in [0.05, 0.1) is 0 Å². The van der Waals surface area contributed by atoms with Crippen LogP contribution in [0.3, 0.4) is 0 Å². The molecule has 1 unspecified atom stereocenters. The van der Waals surface area contributed by atoms with Crippen molar-refractivity contribution < 1.29 is 0 Å². The van der Waals surface area contributed by atoms with Gasteiger partial charge in [0.1, 0.15) is 0 Å². The molecule has 0 spiro atoms. The Bertz CT molecular complexity index is 131. The van der Waals surface area contributed by atoms with Gasteiger partial charge >= 0.3 is 0 Å². The molecule has 1 saturated carbocycles. The number of rotatable bonds is 5. The van der Waals surface area contributed by atoms with Crippen LogP contribution in [0, 0.1) is 11.8 Å². The second-order valence-electron chi connectivity index (χ2n) is 3.81. The van der Waals surface area contributed by atoms with Crippen molar-refractivity contribution in [1.29, 1.82) is 0 Å². The van der Waals surface area contributed by atoms with Crippen molar-refractivity contribution in [3.05, 3.63) is 12.2 Å². The summed E-state index contributed by atoms with van der Waals surface area (Å²) in [4.78, 5) is 0. The highest BCUT2D eigenvalue weighted by Crippen LogP contribution is 2.41. The van der Waals surface area contributed by atoms with Crippen molar-refractivity contribution in [2.24, 2.45) is 11.8 Å². The highest BCUT2D eigenvalue weighted by atomic mass is 14.3. The van der Waals surface area contributed by atoms with Crippen LogP contribution in [-0.2, 0) is 0 Å². The first kappa shape index (κ1) is 8.83. The van der Waals surface area contributed by atoms with Crippen LogP contribution in [0.15, 0.2) is 12.2 Å². The summed E-state index contributed by atoms with van der Waals surface area (Å²) in [5.41, 5.74) is 1.45.